The van der Waals surface area contributed by atoms with Crippen molar-refractivity contribution in [2.45, 2.75) is 150 Å². The van der Waals surface area contributed by atoms with Crippen LogP contribution in [0.25, 0.3) is 0 Å². The van der Waals surface area contributed by atoms with E-state index in [1.165, 1.54) is 5.56 Å². The third-order valence-electron chi connectivity index (χ3n) is 7.91. The summed E-state index contributed by atoms with van der Waals surface area (Å²) in [6.45, 7) is 57.1. The minimum Gasteiger partial charge on any atom is -0.346 e. The van der Waals surface area contributed by atoms with Crippen molar-refractivity contribution in [1.82, 2.24) is 0 Å². The Balaban J connectivity index is -0.0000000524. The van der Waals surface area contributed by atoms with Gasteiger partial charge in [-0.25, -0.2) is 0 Å². The van der Waals surface area contributed by atoms with Crippen LogP contribution in [0.3, 0.4) is 0 Å². The zero-order valence-corrected chi connectivity index (χ0v) is 64.6. The zero-order valence-electron chi connectivity index (χ0n) is 53.3. The Bertz CT molecular complexity index is 1880. The van der Waals surface area contributed by atoms with Crippen molar-refractivity contribution >= 4 is 34.7 Å². The molecular weight excluding hydrogens is 1320 g/mol. The first-order valence-corrected chi connectivity index (χ1v) is 26.7. The van der Waals surface area contributed by atoms with E-state index < -0.39 is 0 Å². The number of hydrogen-bond donors (Lipinski definition) is 0. The quantitative estimate of drug-likeness (QED) is 0.100. The molecule has 0 amide bonds. The molecule has 0 aliphatic rings. The predicted molar refractivity (Wildman–Crippen MR) is 348 cm³/mol. The second-order valence-electron chi connectivity index (χ2n) is 12.8. The van der Waals surface area contributed by atoms with Gasteiger partial charge in [-0.2, -0.15) is 27.7 Å². The molecule has 0 atom stereocenters. The topological polar surface area (TPSA) is 102 Å². The molecule has 0 N–H and O–H groups in total. The van der Waals surface area contributed by atoms with Crippen molar-refractivity contribution in [2.24, 2.45) is 0 Å². The molecule has 6 nitrogen and oxygen atoms in total. The third-order valence-corrected chi connectivity index (χ3v) is 7.91. The maximum atomic E-state index is 11.0. The van der Waals surface area contributed by atoms with Gasteiger partial charge >= 0.3 is 131 Å². The van der Waals surface area contributed by atoms with Crippen molar-refractivity contribution in [3.63, 3.8) is 0 Å². The second kappa shape index (κ2) is 101. The fourth-order valence-corrected chi connectivity index (χ4v) is 4.28. The molecule has 0 saturated heterocycles. The van der Waals surface area contributed by atoms with E-state index in [0.29, 0.717) is 32.1 Å². The van der Waals surface area contributed by atoms with Gasteiger partial charge in [0.25, 0.3) is 0 Å². The van der Waals surface area contributed by atoms with E-state index in [0.717, 1.165) is 27.8 Å². The van der Waals surface area contributed by atoms with Gasteiger partial charge < -0.3 is 60.2 Å². The van der Waals surface area contributed by atoms with Crippen molar-refractivity contribution in [2.75, 3.05) is 0 Å². The summed E-state index contributed by atoms with van der Waals surface area (Å²) in [7, 11) is 0. The van der Waals surface area contributed by atoms with Crippen LogP contribution in [0.4, 0.5) is 0 Å². The number of benzene rings is 6. The molecule has 0 unspecified atom stereocenters. The first-order chi connectivity index (χ1) is 37.3. The van der Waals surface area contributed by atoms with Crippen LogP contribution >= 0.6 is 0 Å². The number of Topliss-reactive ketones (excluding diaryl/α,β-unsaturated/α-hetero) is 6. The Labute approximate surface area is 607 Å². The van der Waals surface area contributed by atoms with E-state index in [-0.39, 0.29) is 173 Å². The molecule has 82 heavy (non-hydrogen) atoms. The van der Waals surface area contributed by atoms with Gasteiger partial charge in [0.2, 0.25) is 0 Å². The van der Waals surface area contributed by atoms with E-state index in [4.69, 9.17) is 0 Å². The molecule has 0 aliphatic heterocycles. The molecule has 0 fully saturated rings. The average molecular weight is 1430 g/mol. The number of carbonyl (C=O) groups excluding carboxylic acids is 6. The van der Waals surface area contributed by atoms with E-state index >= 15 is 0 Å². The van der Waals surface area contributed by atoms with Crippen LogP contribution in [-0.4, -0.2) is 34.7 Å². The molecule has 0 radical (unpaired) electrons. The van der Waals surface area contributed by atoms with Crippen LogP contribution in [0, 0.1) is 62.3 Å². The summed E-state index contributed by atoms with van der Waals surface area (Å²) >= 11 is 0. The Morgan fingerprint density at radius 1 is 0.305 bits per heavy atom. The first kappa shape index (κ1) is 114. The second-order valence-corrected chi connectivity index (χ2v) is 12.8. The molecule has 6 aromatic carbocycles. The molecule has 440 valence electrons. The van der Waals surface area contributed by atoms with Crippen LogP contribution in [0.2, 0.25) is 0 Å². The molecule has 0 aliphatic carbocycles. The molecule has 0 bridgehead atoms. The predicted octanol–water partition coefficient (Wildman–Crippen LogP) is 21.3. The van der Waals surface area contributed by atoms with Crippen molar-refractivity contribution < 1.29 is 160 Å². The Hall–Kier alpha value is -2.24. The molecule has 6 rings (SSSR count). The largest absolute Gasteiger partial charge is 3.00 e. The van der Waals surface area contributed by atoms with Crippen molar-refractivity contribution in [3.05, 3.63) is 271 Å². The smallest absolute Gasteiger partial charge is 0.346 e. The van der Waals surface area contributed by atoms with Crippen LogP contribution in [0.15, 0.2) is 182 Å². The van der Waals surface area contributed by atoms with Gasteiger partial charge in [-0.3, -0.25) is 24.0 Å². The van der Waals surface area contributed by atoms with Crippen LogP contribution < -0.4 is 0 Å². The van der Waals surface area contributed by atoms with Gasteiger partial charge in [0.05, 0.1) is 0 Å². The first-order valence-electron chi connectivity index (χ1n) is 26.7. The molecular formula is C72H108O6Y4+4. The molecule has 0 aromatic heterocycles. The summed E-state index contributed by atoms with van der Waals surface area (Å²) in [5, 5.41) is 0. The fourth-order valence-electron chi connectivity index (χ4n) is 4.28. The number of aryl methyl sites for hydroxylation is 1. The summed E-state index contributed by atoms with van der Waals surface area (Å²) in [6, 6.07) is 56.2. The monoisotopic (exact) mass is 1420 g/mol. The number of hydrogen-bond acceptors (Lipinski definition) is 6. The van der Waals surface area contributed by atoms with E-state index in [2.05, 4.69) is 74.4 Å². The maximum Gasteiger partial charge on any atom is 3.00 e. The van der Waals surface area contributed by atoms with Gasteiger partial charge in [-0.15, -0.1) is 25.7 Å². The van der Waals surface area contributed by atoms with Gasteiger partial charge in [-0.1, -0.05) is 257 Å². The average Bonchev–Trinajstić information content (AvgIpc) is 3.54. The summed E-state index contributed by atoms with van der Waals surface area (Å²) in [5.41, 5.74) is 5.09. The summed E-state index contributed by atoms with van der Waals surface area (Å²) in [5.74, 6) is 0.767. The minimum absolute atomic E-state index is 0. The molecule has 0 spiro atoms. The molecule has 6 aromatic rings. The van der Waals surface area contributed by atoms with Gasteiger partial charge in [0, 0.05) is 34.2 Å². The zero-order chi connectivity index (χ0) is 61.7. The molecule has 10 heteroatoms. The van der Waals surface area contributed by atoms with E-state index in [1.54, 1.807) is 90.1 Å². The number of carbonyl (C=O) groups is 6. The van der Waals surface area contributed by atoms with Crippen LogP contribution in [0.1, 0.15) is 201 Å². The molecule has 0 heterocycles. The SMILES string of the molecule is C.CC.CC.CC.CC.CC(=O)c1ccccc1.CCC(C)=O.Cc1ccccc1.[CH2-]C.[CH2-]C.[CH2-]C.[CH2-]C.[CH2-]CC(=O)c1ccccc1.[CH2-]CC(=O)c1ccccc1.[CH2-]CC(=O)c1ccccc1.[CH2-]CC(=O)c1ccccc1.[Y+3].[Y+3].[Y+3].[Y+3]. The number of ketones is 6. The summed E-state index contributed by atoms with van der Waals surface area (Å²) < 4.78 is 0. The Kier molecular flexibility index (Phi) is 141. The van der Waals surface area contributed by atoms with Gasteiger partial charge in [0.1, 0.15) is 28.9 Å². The summed E-state index contributed by atoms with van der Waals surface area (Å²) in [4.78, 5) is 64.3. The van der Waals surface area contributed by atoms with Gasteiger partial charge in [-0.05, 0) is 20.8 Å². The maximum absolute atomic E-state index is 11.0. The van der Waals surface area contributed by atoms with E-state index in [9.17, 15) is 28.8 Å². The Morgan fingerprint density at radius 2 is 0.439 bits per heavy atom. The van der Waals surface area contributed by atoms with Gasteiger partial charge in [0.15, 0.2) is 5.78 Å². The van der Waals surface area contributed by atoms with E-state index in [1.807, 2.05) is 184 Å². The number of rotatable bonds is 10. The third kappa shape index (κ3) is 79.8. The minimum atomic E-state index is 0. The van der Waals surface area contributed by atoms with Crippen molar-refractivity contribution in [3.8, 4) is 0 Å². The Morgan fingerprint density at radius 3 is 0.524 bits per heavy atom. The van der Waals surface area contributed by atoms with Crippen LogP contribution in [-0.2, 0) is 136 Å². The standard InChI is InChI=1S/4C9H9O.C8H8O.C7H8.C4H8O.4C2H6.4C2H5.CH4.4Y/c4*1-2-9(10)8-6-4-3-5-7-8;1-7(9)8-5-3-2-4-6-8;1-7-5-3-2-4-6-7;1-3-4(2)5;8*1-2;;;;;/h4*3-7H,1-2H2;2-6H,1H3;2-6H,1H3;3H2,1-2H3;4*1-2H3;4*1H2,2H3;1H4;;;;/q4*-1;;;;;;;;4*-1;;4*+3. The summed E-state index contributed by atoms with van der Waals surface area (Å²) in [6.07, 6.45) is 2.02. The molecule has 0 saturated carbocycles. The normalized spacial score (nSPS) is 7.32. The van der Waals surface area contributed by atoms with Crippen LogP contribution in [0.5, 0.6) is 0 Å². The van der Waals surface area contributed by atoms with Crippen molar-refractivity contribution in [1.29, 1.82) is 0 Å². The fraction of sp³-hybridized carbons (Fsp3) is 0.306.